The minimum Gasteiger partial charge on any atom is -0.394 e. The van der Waals surface area contributed by atoms with E-state index < -0.39 is 24.4 Å². The summed E-state index contributed by atoms with van der Waals surface area (Å²) in [6.45, 7) is 4.63. The lowest BCUT2D eigenvalue weighted by atomic mass is 10.0. The van der Waals surface area contributed by atoms with Gasteiger partial charge in [0.25, 0.3) is 11.8 Å². The highest BCUT2D eigenvalue weighted by Gasteiger charge is 2.51. The van der Waals surface area contributed by atoms with Gasteiger partial charge in [0.15, 0.2) is 18.5 Å². The van der Waals surface area contributed by atoms with Crippen molar-refractivity contribution >= 4 is 11.8 Å². The van der Waals surface area contributed by atoms with Gasteiger partial charge < -0.3 is 24.8 Å². The Labute approximate surface area is 153 Å². The van der Waals surface area contributed by atoms with E-state index in [0.29, 0.717) is 25.4 Å². The smallest absolute Gasteiger partial charge is 0.255 e. The highest BCUT2D eigenvalue weighted by atomic mass is 16.7. The first kappa shape index (κ1) is 18.8. The lowest BCUT2D eigenvalue weighted by Crippen LogP contribution is -2.52. The fourth-order valence-corrected chi connectivity index (χ4v) is 3.40. The average Bonchev–Trinajstić information content (AvgIpc) is 2.99. The van der Waals surface area contributed by atoms with Gasteiger partial charge in [0.05, 0.1) is 19.2 Å². The second-order valence-corrected chi connectivity index (χ2v) is 7.26. The second kappa shape index (κ2) is 8.16. The van der Waals surface area contributed by atoms with Crippen molar-refractivity contribution < 1.29 is 24.2 Å². The van der Waals surface area contributed by atoms with Gasteiger partial charge in [-0.2, -0.15) is 0 Å². The number of aliphatic hydroxyl groups excluding tert-OH is 1. The van der Waals surface area contributed by atoms with E-state index in [4.69, 9.17) is 9.47 Å². The van der Waals surface area contributed by atoms with Gasteiger partial charge in [-0.25, -0.2) is 0 Å². The molecule has 1 aromatic rings. The predicted octanol–water partition coefficient (Wildman–Crippen LogP) is 0.662. The van der Waals surface area contributed by atoms with Crippen molar-refractivity contribution in [3.63, 3.8) is 0 Å². The molecule has 7 heteroatoms. The Bertz CT molecular complexity index is 636. The first-order chi connectivity index (χ1) is 12.5. The summed E-state index contributed by atoms with van der Waals surface area (Å²) in [4.78, 5) is 26.9. The number of amides is 2. The van der Waals surface area contributed by atoms with Gasteiger partial charge in [-0.05, 0) is 17.9 Å². The fourth-order valence-electron chi connectivity index (χ4n) is 3.40. The SMILES string of the molecule is CC(C)C[C@H](CO)NC(=O)C1O[C@@H]2CN(Cc3ccccc3)C(=O)[C@H]1O2. The highest BCUT2D eigenvalue weighted by Crippen LogP contribution is 2.28. The summed E-state index contributed by atoms with van der Waals surface area (Å²) in [6, 6.07) is 9.31. The third-order valence-corrected chi connectivity index (χ3v) is 4.59. The Hall–Kier alpha value is -1.96. The van der Waals surface area contributed by atoms with Gasteiger partial charge in [0.1, 0.15) is 0 Å². The van der Waals surface area contributed by atoms with Crippen LogP contribution in [0, 0.1) is 5.92 Å². The van der Waals surface area contributed by atoms with Crippen LogP contribution in [0.15, 0.2) is 30.3 Å². The molecule has 0 radical (unpaired) electrons. The van der Waals surface area contributed by atoms with Crippen molar-refractivity contribution in [2.75, 3.05) is 13.2 Å². The molecule has 2 aliphatic rings. The lowest BCUT2D eigenvalue weighted by Gasteiger charge is -2.30. The molecule has 0 aromatic heterocycles. The molecular formula is C19H26N2O5. The van der Waals surface area contributed by atoms with Gasteiger partial charge in [-0.3, -0.25) is 9.59 Å². The number of aliphatic hydroxyl groups is 1. The van der Waals surface area contributed by atoms with Crippen LogP contribution in [0.25, 0.3) is 0 Å². The summed E-state index contributed by atoms with van der Waals surface area (Å²) >= 11 is 0. The van der Waals surface area contributed by atoms with Crippen LogP contribution in [-0.4, -0.2) is 59.5 Å². The maximum atomic E-state index is 12.7. The number of rotatable bonds is 7. The van der Waals surface area contributed by atoms with Crippen molar-refractivity contribution in [3.8, 4) is 0 Å². The monoisotopic (exact) mass is 362 g/mol. The fraction of sp³-hybridized carbons (Fsp3) is 0.579. The third-order valence-electron chi connectivity index (χ3n) is 4.59. The molecule has 7 nitrogen and oxygen atoms in total. The number of carbonyl (C=O) groups is 2. The number of carbonyl (C=O) groups excluding carboxylic acids is 2. The zero-order chi connectivity index (χ0) is 18.7. The molecule has 4 atom stereocenters. The maximum Gasteiger partial charge on any atom is 0.255 e. The molecule has 3 rings (SSSR count). The van der Waals surface area contributed by atoms with Crippen molar-refractivity contribution in [2.45, 2.75) is 51.4 Å². The third kappa shape index (κ3) is 4.23. The van der Waals surface area contributed by atoms with Gasteiger partial charge in [-0.1, -0.05) is 44.2 Å². The van der Waals surface area contributed by atoms with E-state index in [1.165, 1.54) is 0 Å². The van der Waals surface area contributed by atoms with Gasteiger partial charge in [0.2, 0.25) is 0 Å². The van der Waals surface area contributed by atoms with E-state index in [9.17, 15) is 14.7 Å². The van der Waals surface area contributed by atoms with Gasteiger partial charge in [0, 0.05) is 6.54 Å². The highest BCUT2D eigenvalue weighted by molar-refractivity contribution is 5.92. The van der Waals surface area contributed by atoms with Crippen LogP contribution in [-0.2, 0) is 25.6 Å². The number of morpholine rings is 1. The summed E-state index contributed by atoms with van der Waals surface area (Å²) in [5.41, 5.74) is 1.01. The van der Waals surface area contributed by atoms with Gasteiger partial charge in [-0.15, -0.1) is 0 Å². The number of hydrogen-bond acceptors (Lipinski definition) is 5. The van der Waals surface area contributed by atoms with Crippen LogP contribution in [0.4, 0.5) is 0 Å². The molecule has 142 valence electrons. The van der Waals surface area contributed by atoms with E-state index >= 15 is 0 Å². The Balaban J connectivity index is 1.63. The molecule has 1 unspecified atom stereocenters. The van der Waals surface area contributed by atoms with Crippen LogP contribution in [0.5, 0.6) is 0 Å². The molecule has 26 heavy (non-hydrogen) atoms. The molecule has 0 spiro atoms. The summed E-state index contributed by atoms with van der Waals surface area (Å²) in [6.07, 6.45) is -1.86. The predicted molar refractivity (Wildman–Crippen MR) is 93.9 cm³/mol. The van der Waals surface area contributed by atoms with Gasteiger partial charge >= 0.3 is 0 Å². The maximum absolute atomic E-state index is 12.7. The van der Waals surface area contributed by atoms with Crippen molar-refractivity contribution in [1.82, 2.24) is 10.2 Å². The number of hydrogen-bond donors (Lipinski definition) is 2. The largest absolute Gasteiger partial charge is 0.394 e. The molecule has 0 aliphatic carbocycles. The first-order valence-corrected chi connectivity index (χ1v) is 9.02. The average molecular weight is 362 g/mol. The van der Waals surface area contributed by atoms with Crippen molar-refractivity contribution in [3.05, 3.63) is 35.9 Å². The Morgan fingerprint density at radius 1 is 1.31 bits per heavy atom. The standard InChI is InChI=1S/C19H26N2O5/c1-12(2)8-14(11-22)20-18(23)16-17-19(24)21(10-15(25-16)26-17)9-13-6-4-3-5-7-13/h3-7,12,14-17,22H,8-11H2,1-2H3,(H,20,23)/t14-,15+,16?,17+/m1/s1. The van der Waals surface area contributed by atoms with Crippen molar-refractivity contribution in [1.29, 1.82) is 0 Å². The topological polar surface area (TPSA) is 88.1 Å². The summed E-state index contributed by atoms with van der Waals surface area (Å²) < 4.78 is 11.2. The zero-order valence-corrected chi connectivity index (χ0v) is 15.1. The Kier molecular flexibility index (Phi) is 5.90. The Morgan fingerprint density at radius 3 is 2.69 bits per heavy atom. The molecule has 2 heterocycles. The van der Waals surface area contributed by atoms with E-state index in [1.807, 2.05) is 44.2 Å². The number of fused-ring (bicyclic) bond motifs is 2. The van der Waals surface area contributed by atoms with Crippen LogP contribution >= 0.6 is 0 Å². The number of nitrogens with one attached hydrogen (secondary N) is 1. The number of nitrogens with zero attached hydrogens (tertiary/aromatic N) is 1. The molecule has 2 amide bonds. The molecule has 2 N–H and O–H groups in total. The van der Waals surface area contributed by atoms with E-state index in [1.54, 1.807) is 4.90 Å². The molecular weight excluding hydrogens is 336 g/mol. The zero-order valence-electron chi connectivity index (χ0n) is 15.1. The molecule has 1 aromatic carbocycles. The lowest BCUT2D eigenvalue weighted by molar-refractivity contribution is -0.162. The molecule has 2 fully saturated rings. The summed E-state index contributed by atoms with van der Waals surface area (Å²) in [5.74, 6) is -0.324. The summed E-state index contributed by atoms with van der Waals surface area (Å²) in [5, 5.41) is 12.2. The van der Waals surface area contributed by atoms with Crippen LogP contribution in [0.2, 0.25) is 0 Å². The molecule has 2 aliphatic heterocycles. The quantitative estimate of drug-likeness (QED) is 0.744. The molecule has 2 saturated heterocycles. The van der Waals surface area contributed by atoms with E-state index in [-0.39, 0.29) is 18.6 Å². The van der Waals surface area contributed by atoms with E-state index in [2.05, 4.69) is 5.32 Å². The van der Waals surface area contributed by atoms with Crippen LogP contribution in [0.3, 0.4) is 0 Å². The number of ether oxygens (including phenoxy) is 2. The second-order valence-electron chi connectivity index (χ2n) is 7.26. The van der Waals surface area contributed by atoms with Crippen LogP contribution < -0.4 is 5.32 Å². The molecule has 2 bridgehead atoms. The first-order valence-electron chi connectivity index (χ1n) is 9.02. The van der Waals surface area contributed by atoms with Crippen LogP contribution in [0.1, 0.15) is 25.8 Å². The minimum absolute atomic E-state index is 0.153. The Morgan fingerprint density at radius 2 is 2.04 bits per heavy atom. The number of benzene rings is 1. The van der Waals surface area contributed by atoms with Crippen molar-refractivity contribution in [2.24, 2.45) is 5.92 Å². The molecule has 0 saturated carbocycles. The minimum atomic E-state index is -0.977. The summed E-state index contributed by atoms with van der Waals surface area (Å²) in [7, 11) is 0. The normalized spacial score (nSPS) is 26.2. The van der Waals surface area contributed by atoms with E-state index in [0.717, 1.165) is 5.56 Å².